The van der Waals surface area contributed by atoms with Crippen molar-refractivity contribution in [3.05, 3.63) is 425 Å². The molecule has 606 valence electrons. The summed E-state index contributed by atoms with van der Waals surface area (Å²) in [4.78, 5) is 35.5. The normalized spacial score (nSPS) is 12.0. The van der Waals surface area contributed by atoms with Gasteiger partial charge in [0.15, 0.2) is 17.5 Å². The lowest BCUT2D eigenvalue weighted by atomic mass is 9.93. The van der Waals surface area contributed by atoms with Crippen LogP contribution in [0.4, 0.5) is 0 Å². The third-order valence-corrected chi connectivity index (χ3v) is 25.4. The quantitative estimate of drug-likeness (QED) is 0.138. The Labute approximate surface area is 744 Å². The van der Waals surface area contributed by atoms with E-state index in [0.717, 1.165) is 200 Å². The number of rotatable bonds is 9. The molecule has 0 radical (unpaired) electrons. The molecule has 0 N–H and O–H groups in total. The van der Waals surface area contributed by atoms with Crippen LogP contribution < -0.4 is 14.2 Å². The molecule has 0 saturated carbocycles. The number of hydrogen-bond acceptors (Lipinski definition) is 10. The molecule has 0 unspecified atom stereocenters. The number of benzene rings is 19. The predicted octanol–water partition coefficient (Wildman–Crippen LogP) is 30.0. The second-order valence-corrected chi connectivity index (χ2v) is 32.9. The number of para-hydroxylation sites is 4. The zero-order valence-electron chi connectivity index (χ0n) is 69.6. The van der Waals surface area contributed by atoms with Gasteiger partial charge in [0.1, 0.15) is 34.5 Å². The third-order valence-electron chi connectivity index (χ3n) is 25.4. The number of aromatic nitrogens is 10. The Balaban J connectivity index is 0.000000103. The van der Waals surface area contributed by atoms with E-state index in [1.54, 1.807) is 0 Å². The summed E-state index contributed by atoms with van der Waals surface area (Å²) in [6.07, 6.45) is 0. The van der Waals surface area contributed by atoms with Gasteiger partial charge in [-0.05, 0) is 130 Å². The maximum Gasteiger partial charge on any atom is 0.235 e. The van der Waals surface area contributed by atoms with Crippen LogP contribution >= 0.6 is 0 Å². The molecule has 13 heteroatoms. The van der Waals surface area contributed by atoms with Crippen molar-refractivity contribution < 1.29 is 14.2 Å². The van der Waals surface area contributed by atoms with Crippen molar-refractivity contribution in [2.45, 2.75) is 0 Å². The monoisotopic (exact) mass is 1660 g/mol. The number of fused-ring (bicyclic) bond motifs is 19. The highest BCUT2D eigenvalue weighted by Crippen LogP contribution is 2.56. The molecule has 3 aliphatic heterocycles. The molecule has 19 aromatic carbocycles. The molecule has 9 heterocycles. The van der Waals surface area contributed by atoms with Crippen LogP contribution in [0.2, 0.25) is 0 Å². The van der Waals surface area contributed by atoms with E-state index in [9.17, 15) is 0 Å². The molecular weight excluding hydrogens is 1590 g/mol. The Hall–Kier alpha value is -17.8. The van der Waals surface area contributed by atoms with Gasteiger partial charge in [0, 0.05) is 93.5 Å². The standard InChI is InChI=1S/C43H26N4O.C38H23N3O.C36H21N3O/c1-3-12-28(13-4-1)41-44-42(29-14-5-2-6-15-29)46-43(45-41)30-18-9-19-31(26-30)47-35-22-8-7-20-34(35)39-36(47)25-24-33-32-21-10-16-27-17-11-23-37(38(27)32)48-40(33)39;1-3-11-24(12-4-1)30-23-31(25-13-5-2-6-14-25)40-38(39-30)41-32-19-8-7-17-29(32)36-33(41)22-21-28-27-18-9-15-26-16-10-20-34(35(26)27)42-37(28)36;1-2-10-23(11-3-1)34-26-14-4-6-17-28(26)37-36(38-34)39-29-18-7-5-15-27(29)33-30(39)21-20-25-24-16-8-12-22-13-9-19-31(32(22)24)40-35(25)33/h1-26H;1-23H;1-21H. The summed E-state index contributed by atoms with van der Waals surface area (Å²) in [5.41, 5.74) is 23.7. The van der Waals surface area contributed by atoms with Crippen LogP contribution in [0.25, 0.3) is 228 Å². The first-order valence-electron chi connectivity index (χ1n) is 43.6. The first-order chi connectivity index (χ1) is 64.5. The van der Waals surface area contributed by atoms with Gasteiger partial charge in [-0.15, -0.1) is 0 Å². The molecule has 13 nitrogen and oxygen atoms in total. The molecular formula is C117H70N10O3. The van der Waals surface area contributed by atoms with Crippen molar-refractivity contribution in [2.75, 3.05) is 0 Å². The first-order valence-corrected chi connectivity index (χ1v) is 43.6. The Morgan fingerprint density at radius 2 is 0.523 bits per heavy atom. The summed E-state index contributed by atoms with van der Waals surface area (Å²) in [5, 5.41) is 14.6. The average molecular weight is 1660 g/mol. The number of hydrogen-bond donors (Lipinski definition) is 0. The number of nitrogens with zero attached hydrogens (tertiary/aromatic N) is 10. The van der Waals surface area contributed by atoms with Gasteiger partial charge in [0.2, 0.25) is 11.9 Å². The maximum absolute atomic E-state index is 6.78. The van der Waals surface area contributed by atoms with Gasteiger partial charge in [-0.25, -0.2) is 34.9 Å². The molecule has 28 rings (SSSR count). The molecule has 0 amide bonds. The molecule has 25 aromatic rings. The van der Waals surface area contributed by atoms with E-state index in [1.807, 2.05) is 127 Å². The smallest absolute Gasteiger partial charge is 0.235 e. The molecule has 0 bridgehead atoms. The lowest BCUT2D eigenvalue weighted by Crippen LogP contribution is -2.04. The summed E-state index contributed by atoms with van der Waals surface area (Å²) >= 11 is 0. The van der Waals surface area contributed by atoms with Gasteiger partial charge in [0.05, 0.1) is 71.9 Å². The van der Waals surface area contributed by atoms with E-state index < -0.39 is 0 Å². The Bertz CT molecular complexity index is 8830. The minimum absolute atomic E-state index is 0.621. The van der Waals surface area contributed by atoms with Gasteiger partial charge in [0.25, 0.3) is 0 Å². The van der Waals surface area contributed by atoms with Crippen molar-refractivity contribution in [1.29, 1.82) is 0 Å². The van der Waals surface area contributed by atoms with Crippen molar-refractivity contribution >= 4 is 109 Å². The maximum atomic E-state index is 6.78. The van der Waals surface area contributed by atoms with E-state index >= 15 is 0 Å². The second-order valence-electron chi connectivity index (χ2n) is 32.9. The zero-order chi connectivity index (χ0) is 85.4. The fraction of sp³-hybridized carbons (Fsp3) is 0. The Morgan fingerprint density at radius 1 is 0.192 bits per heavy atom. The van der Waals surface area contributed by atoms with Crippen LogP contribution in [0.15, 0.2) is 425 Å². The Morgan fingerprint density at radius 3 is 0.954 bits per heavy atom. The first kappa shape index (κ1) is 73.7. The van der Waals surface area contributed by atoms with Gasteiger partial charge in [-0.1, -0.05) is 328 Å². The molecule has 130 heavy (non-hydrogen) atoms. The Kier molecular flexibility index (Phi) is 17.0. The molecule has 0 saturated heterocycles. The molecule has 0 spiro atoms. The number of ether oxygens (including phenoxy) is 3. The predicted molar refractivity (Wildman–Crippen MR) is 526 cm³/mol. The van der Waals surface area contributed by atoms with Crippen LogP contribution in [0, 0.1) is 0 Å². The van der Waals surface area contributed by atoms with Crippen molar-refractivity contribution in [2.24, 2.45) is 0 Å². The minimum Gasteiger partial charge on any atom is -0.455 e. The molecule has 3 aliphatic rings. The van der Waals surface area contributed by atoms with Gasteiger partial charge in [-0.3, -0.25) is 9.13 Å². The highest BCUT2D eigenvalue weighted by molar-refractivity contribution is 6.21. The summed E-state index contributed by atoms with van der Waals surface area (Å²) in [5.74, 6) is 8.47. The topological polar surface area (TPSA) is 133 Å². The van der Waals surface area contributed by atoms with E-state index in [4.69, 9.17) is 49.1 Å². The van der Waals surface area contributed by atoms with Gasteiger partial charge >= 0.3 is 0 Å². The molecule has 0 aliphatic carbocycles. The van der Waals surface area contributed by atoms with Crippen LogP contribution in [0.1, 0.15) is 0 Å². The second kappa shape index (κ2) is 30.0. The fourth-order valence-electron chi connectivity index (χ4n) is 19.7. The largest absolute Gasteiger partial charge is 0.455 e. The minimum atomic E-state index is 0.621. The van der Waals surface area contributed by atoms with E-state index in [0.29, 0.717) is 29.4 Å². The fourth-order valence-corrected chi connectivity index (χ4v) is 19.7. The highest BCUT2D eigenvalue weighted by atomic mass is 16.5. The molecule has 0 fully saturated rings. The van der Waals surface area contributed by atoms with E-state index in [1.165, 1.54) is 32.8 Å². The average Bonchev–Trinajstić information content (AvgIpc) is 1.56. The summed E-state index contributed by atoms with van der Waals surface area (Å²) in [6.45, 7) is 0. The summed E-state index contributed by atoms with van der Waals surface area (Å²) in [6, 6.07) is 147. The van der Waals surface area contributed by atoms with Gasteiger partial charge in [-0.2, -0.15) is 0 Å². The zero-order valence-corrected chi connectivity index (χ0v) is 69.6. The van der Waals surface area contributed by atoms with Crippen LogP contribution in [0.3, 0.4) is 0 Å². The third kappa shape index (κ3) is 12.0. The lowest BCUT2D eigenvalue weighted by Gasteiger charge is -2.22. The SMILES string of the molecule is c1ccc(-c2cc(-c3ccccc3)nc(-n3c4ccccc4c4c5c(ccc43)-c3cccc4cccc(c34)O5)n2)cc1.c1ccc(-c2nc(-c3ccccc3)nc(-c3cccc(-n4c5ccccc5c5c6c(ccc54)-c4cccc5cccc(c45)O6)c3)n2)cc1.c1ccc(-c2nc(-n3c4ccccc4c4c5c(ccc43)-c3cccc4cccc(c34)O5)nc3ccccc23)cc1. The molecule has 6 aromatic heterocycles. The van der Waals surface area contributed by atoms with Crippen molar-refractivity contribution in [3.63, 3.8) is 0 Å². The van der Waals surface area contributed by atoms with Crippen LogP contribution in [-0.2, 0) is 0 Å². The van der Waals surface area contributed by atoms with E-state index in [-0.39, 0.29) is 0 Å². The lowest BCUT2D eigenvalue weighted by molar-refractivity contribution is 0.493. The molecule has 0 atom stereocenters. The highest BCUT2D eigenvalue weighted by Gasteiger charge is 2.32. The van der Waals surface area contributed by atoms with Gasteiger partial charge < -0.3 is 18.8 Å². The summed E-state index contributed by atoms with van der Waals surface area (Å²) < 4.78 is 26.9. The summed E-state index contributed by atoms with van der Waals surface area (Å²) in [7, 11) is 0. The van der Waals surface area contributed by atoms with Crippen LogP contribution in [0.5, 0.6) is 34.5 Å². The van der Waals surface area contributed by atoms with Crippen LogP contribution in [-0.4, -0.2) is 48.6 Å². The van der Waals surface area contributed by atoms with Crippen molar-refractivity contribution in [3.8, 4) is 153 Å². The van der Waals surface area contributed by atoms with E-state index in [2.05, 4.69) is 311 Å². The van der Waals surface area contributed by atoms with Crippen molar-refractivity contribution in [1.82, 2.24) is 48.6 Å².